The standard InChI is InChI=1S/C22H28N6O/c1-3-27(4-2)22(29)20-16-28(25-24-20)19-11-7-13-26(15-19)14-18-9-5-8-17-10-6-12-23-21(17)18/h5-6,8-10,12,16,19H,3-4,7,11,13-15H2,1-2H3/t19-/m1/s1. The molecular formula is C22H28N6O. The van der Waals surface area contributed by atoms with E-state index in [1.807, 2.05) is 37.0 Å². The molecule has 3 heterocycles. The predicted molar refractivity (Wildman–Crippen MR) is 113 cm³/mol. The number of aromatic nitrogens is 4. The van der Waals surface area contributed by atoms with Gasteiger partial charge in [0.25, 0.3) is 5.91 Å². The number of amides is 1. The first kappa shape index (κ1) is 19.5. The molecular weight excluding hydrogens is 364 g/mol. The Hall–Kier alpha value is -2.80. The normalized spacial score (nSPS) is 17.5. The van der Waals surface area contributed by atoms with Gasteiger partial charge < -0.3 is 4.90 Å². The van der Waals surface area contributed by atoms with E-state index in [0.29, 0.717) is 18.8 Å². The molecule has 152 valence electrons. The van der Waals surface area contributed by atoms with Crippen LogP contribution >= 0.6 is 0 Å². The molecule has 4 rings (SSSR count). The van der Waals surface area contributed by atoms with E-state index in [-0.39, 0.29) is 11.9 Å². The number of carbonyl (C=O) groups excluding carboxylic acids is 1. The number of pyridine rings is 1. The Morgan fingerprint density at radius 3 is 2.86 bits per heavy atom. The van der Waals surface area contributed by atoms with Crippen LogP contribution in [0.4, 0.5) is 0 Å². The SMILES string of the molecule is CCN(CC)C(=O)c1cn([C@@H]2CCCN(Cc3cccc4cccnc34)C2)nn1. The highest BCUT2D eigenvalue weighted by molar-refractivity contribution is 5.91. The molecule has 3 aromatic rings. The van der Waals surface area contributed by atoms with Crippen molar-refractivity contribution < 1.29 is 4.79 Å². The van der Waals surface area contributed by atoms with E-state index in [9.17, 15) is 4.79 Å². The lowest BCUT2D eigenvalue weighted by Crippen LogP contribution is -2.36. The van der Waals surface area contributed by atoms with E-state index >= 15 is 0 Å². The van der Waals surface area contributed by atoms with E-state index in [1.54, 1.807) is 4.90 Å². The third-order valence-corrected chi connectivity index (χ3v) is 5.75. The Labute approximate surface area is 171 Å². The summed E-state index contributed by atoms with van der Waals surface area (Å²) in [5.74, 6) is -0.0456. The maximum absolute atomic E-state index is 12.5. The first-order valence-electron chi connectivity index (χ1n) is 10.5. The third-order valence-electron chi connectivity index (χ3n) is 5.75. The molecule has 7 nitrogen and oxygen atoms in total. The van der Waals surface area contributed by atoms with Crippen LogP contribution in [0.2, 0.25) is 0 Å². The molecule has 1 aromatic carbocycles. The fourth-order valence-corrected chi connectivity index (χ4v) is 4.15. The van der Waals surface area contributed by atoms with Gasteiger partial charge in [-0.05, 0) is 44.9 Å². The quantitative estimate of drug-likeness (QED) is 0.645. The van der Waals surface area contributed by atoms with Crippen LogP contribution in [0.15, 0.2) is 42.7 Å². The monoisotopic (exact) mass is 392 g/mol. The Morgan fingerprint density at radius 1 is 1.21 bits per heavy atom. The van der Waals surface area contributed by atoms with Crippen LogP contribution in [-0.2, 0) is 6.54 Å². The zero-order valence-corrected chi connectivity index (χ0v) is 17.2. The first-order valence-corrected chi connectivity index (χ1v) is 10.5. The highest BCUT2D eigenvalue weighted by Gasteiger charge is 2.25. The molecule has 29 heavy (non-hydrogen) atoms. The Morgan fingerprint density at radius 2 is 2.03 bits per heavy atom. The summed E-state index contributed by atoms with van der Waals surface area (Å²) in [5.41, 5.74) is 2.76. The number of likely N-dealkylation sites (tertiary alicyclic amines) is 1. The van der Waals surface area contributed by atoms with Crippen molar-refractivity contribution in [3.05, 3.63) is 54.0 Å². The van der Waals surface area contributed by atoms with Gasteiger partial charge in [-0.3, -0.25) is 14.7 Å². The van der Waals surface area contributed by atoms with Crippen molar-refractivity contribution in [3.63, 3.8) is 0 Å². The van der Waals surface area contributed by atoms with Crippen LogP contribution in [0.3, 0.4) is 0 Å². The van der Waals surface area contributed by atoms with Crippen molar-refractivity contribution in [2.24, 2.45) is 0 Å². The van der Waals surface area contributed by atoms with Crippen molar-refractivity contribution in [1.82, 2.24) is 29.8 Å². The van der Waals surface area contributed by atoms with Gasteiger partial charge >= 0.3 is 0 Å². The van der Waals surface area contributed by atoms with Gasteiger partial charge in [-0.2, -0.15) is 0 Å². The van der Waals surface area contributed by atoms with Crippen LogP contribution in [-0.4, -0.2) is 61.9 Å². The average molecular weight is 393 g/mol. The molecule has 0 spiro atoms. The van der Waals surface area contributed by atoms with Crippen LogP contribution in [0.25, 0.3) is 10.9 Å². The fraction of sp³-hybridized carbons (Fsp3) is 0.455. The van der Waals surface area contributed by atoms with Gasteiger partial charge in [0.1, 0.15) is 0 Å². The molecule has 0 aliphatic carbocycles. The number of benzene rings is 1. The summed E-state index contributed by atoms with van der Waals surface area (Å²) >= 11 is 0. The molecule has 1 aliphatic heterocycles. The van der Waals surface area contributed by atoms with Crippen molar-refractivity contribution in [3.8, 4) is 0 Å². The Balaban J connectivity index is 1.47. The van der Waals surface area contributed by atoms with E-state index < -0.39 is 0 Å². The third kappa shape index (κ3) is 4.15. The van der Waals surface area contributed by atoms with Crippen molar-refractivity contribution >= 4 is 16.8 Å². The van der Waals surface area contributed by atoms with Crippen LogP contribution in [0, 0.1) is 0 Å². The molecule has 0 saturated carbocycles. The number of hydrogen-bond acceptors (Lipinski definition) is 5. The minimum Gasteiger partial charge on any atom is -0.338 e. The Kier molecular flexibility index (Phi) is 5.85. The second-order valence-corrected chi connectivity index (χ2v) is 7.58. The summed E-state index contributed by atoms with van der Waals surface area (Å²) in [5, 5.41) is 9.61. The summed E-state index contributed by atoms with van der Waals surface area (Å²) in [4.78, 5) is 21.3. The number of rotatable bonds is 6. The number of carbonyl (C=O) groups is 1. The zero-order valence-electron chi connectivity index (χ0n) is 17.2. The fourth-order valence-electron chi connectivity index (χ4n) is 4.15. The molecule has 1 amide bonds. The molecule has 0 bridgehead atoms. The molecule has 7 heteroatoms. The molecule has 1 fully saturated rings. The second kappa shape index (κ2) is 8.69. The molecule has 2 aromatic heterocycles. The van der Waals surface area contributed by atoms with Crippen molar-refractivity contribution in [2.75, 3.05) is 26.2 Å². The molecule has 1 saturated heterocycles. The highest BCUT2D eigenvalue weighted by atomic mass is 16.2. The molecule has 0 N–H and O–H groups in total. The average Bonchev–Trinajstić information content (AvgIpc) is 3.25. The topological polar surface area (TPSA) is 67.2 Å². The largest absolute Gasteiger partial charge is 0.338 e. The first-order chi connectivity index (χ1) is 14.2. The second-order valence-electron chi connectivity index (χ2n) is 7.58. The number of fused-ring (bicyclic) bond motifs is 1. The Bertz CT molecular complexity index is 975. The number of para-hydroxylation sites is 1. The van der Waals surface area contributed by atoms with Gasteiger partial charge in [0.05, 0.1) is 17.8 Å². The van der Waals surface area contributed by atoms with E-state index in [0.717, 1.165) is 38.0 Å². The minimum absolute atomic E-state index is 0.0456. The summed E-state index contributed by atoms with van der Waals surface area (Å²) < 4.78 is 1.88. The van der Waals surface area contributed by atoms with Gasteiger partial charge in [-0.1, -0.05) is 29.5 Å². The predicted octanol–water partition coefficient (Wildman–Crippen LogP) is 3.15. The lowest BCUT2D eigenvalue weighted by atomic mass is 10.0. The van der Waals surface area contributed by atoms with Gasteiger partial charge in [0.15, 0.2) is 5.69 Å². The lowest BCUT2D eigenvalue weighted by molar-refractivity contribution is 0.0767. The maximum atomic E-state index is 12.5. The van der Waals surface area contributed by atoms with Crippen LogP contribution in [0.1, 0.15) is 48.8 Å². The van der Waals surface area contributed by atoms with Gasteiger partial charge in [-0.25, -0.2) is 4.68 Å². The smallest absolute Gasteiger partial charge is 0.276 e. The van der Waals surface area contributed by atoms with Crippen molar-refractivity contribution in [1.29, 1.82) is 0 Å². The van der Waals surface area contributed by atoms with Crippen molar-refractivity contribution in [2.45, 2.75) is 39.3 Å². The lowest BCUT2D eigenvalue weighted by Gasteiger charge is -2.32. The summed E-state index contributed by atoms with van der Waals surface area (Å²) in [6, 6.07) is 10.7. The van der Waals surface area contributed by atoms with E-state index in [1.165, 1.54) is 10.9 Å². The van der Waals surface area contributed by atoms with E-state index in [4.69, 9.17) is 0 Å². The van der Waals surface area contributed by atoms with Gasteiger partial charge in [0.2, 0.25) is 0 Å². The number of nitrogens with zero attached hydrogens (tertiary/aromatic N) is 6. The molecule has 0 unspecified atom stereocenters. The summed E-state index contributed by atoms with van der Waals surface area (Å²) in [7, 11) is 0. The zero-order chi connectivity index (χ0) is 20.2. The molecule has 1 atom stereocenters. The van der Waals surface area contributed by atoms with Gasteiger partial charge in [0, 0.05) is 37.8 Å². The number of piperidine rings is 1. The summed E-state index contributed by atoms with van der Waals surface area (Å²) in [6.45, 7) is 8.13. The summed E-state index contributed by atoms with van der Waals surface area (Å²) in [6.07, 6.45) is 5.82. The van der Waals surface area contributed by atoms with Crippen LogP contribution in [0.5, 0.6) is 0 Å². The highest BCUT2D eigenvalue weighted by Crippen LogP contribution is 2.24. The van der Waals surface area contributed by atoms with Gasteiger partial charge in [-0.15, -0.1) is 5.10 Å². The van der Waals surface area contributed by atoms with Crippen LogP contribution < -0.4 is 0 Å². The molecule has 0 radical (unpaired) electrons. The maximum Gasteiger partial charge on any atom is 0.276 e. The number of hydrogen-bond donors (Lipinski definition) is 0. The minimum atomic E-state index is -0.0456. The van der Waals surface area contributed by atoms with E-state index in [2.05, 4.69) is 44.5 Å². The molecule has 1 aliphatic rings.